The van der Waals surface area contributed by atoms with Crippen molar-refractivity contribution in [1.29, 1.82) is 0 Å². The van der Waals surface area contributed by atoms with Gasteiger partial charge in [0.25, 0.3) is 0 Å². The number of hydrogen-bond donors (Lipinski definition) is 3. The molecular weight excluding hydrogens is 178 g/mol. The summed E-state index contributed by atoms with van der Waals surface area (Å²) in [7, 11) is 0. The fraction of sp³-hybridized carbons (Fsp3) is 0.778. The van der Waals surface area contributed by atoms with Gasteiger partial charge in [-0.05, 0) is 31.7 Å². The standard InChI is InChI=1S/C9H15N5/c10-9-12-8(13-14-9)6-3-5-1-2-7(6)11-4-5/h5-7,11H,1-4H2,(H3,10,12,13,14). The molecule has 4 N–H and O–H groups in total. The van der Waals surface area contributed by atoms with Crippen molar-refractivity contribution in [3.05, 3.63) is 5.82 Å². The number of aromatic amines is 1. The van der Waals surface area contributed by atoms with Gasteiger partial charge in [0.05, 0.1) is 0 Å². The summed E-state index contributed by atoms with van der Waals surface area (Å²) in [5.41, 5.74) is 5.51. The minimum absolute atomic E-state index is 0.362. The maximum atomic E-state index is 5.51. The first-order valence-corrected chi connectivity index (χ1v) is 5.24. The van der Waals surface area contributed by atoms with Crippen LogP contribution in [0.25, 0.3) is 0 Å². The second kappa shape index (κ2) is 2.95. The molecule has 1 aromatic rings. The molecule has 3 fully saturated rings. The van der Waals surface area contributed by atoms with Crippen molar-refractivity contribution < 1.29 is 0 Å². The predicted octanol–water partition coefficient (Wildman–Crippen LogP) is 0.242. The summed E-state index contributed by atoms with van der Waals surface area (Å²) in [6, 6.07) is 0.576. The molecule has 1 aromatic heterocycles. The Morgan fingerprint density at radius 2 is 2.29 bits per heavy atom. The minimum atomic E-state index is 0.362. The van der Waals surface area contributed by atoms with Gasteiger partial charge in [-0.1, -0.05) is 0 Å². The van der Waals surface area contributed by atoms with Gasteiger partial charge in [-0.25, -0.2) is 0 Å². The zero-order chi connectivity index (χ0) is 9.54. The van der Waals surface area contributed by atoms with E-state index in [1.54, 1.807) is 0 Å². The zero-order valence-electron chi connectivity index (χ0n) is 8.03. The molecule has 14 heavy (non-hydrogen) atoms. The van der Waals surface area contributed by atoms with E-state index in [-0.39, 0.29) is 0 Å². The minimum Gasteiger partial charge on any atom is -0.367 e. The molecule has 3 aliphatic rings. The van der Waals surface area contributed by atoms with Crippen molar-refractivity contribution in [1.82, 2.24) is 20.5 Å². The Balaban J connectivity index is 1.85. The summed E-state index contributed by atoms with van der Waals surface area (Å²) in [4.78, 5) is 4.22. The van der Waals surface area contributed by atoms with Crippen molar-refractivity contribution in [2.75, 3.05) is 12.3 Å². The third-order valence-corrected chi connectivity index (χ3v) is 3.50. The highest BCUT2D eigenvalue weighted by atomic mass is 15.3. The van der Waals surface area contributed by atoms with Crippen molar-refractivity contribution in [3.8, 4) is 0 Å². The predicted molar refractivity (Wildman–Crippen MR) is 52.7 cm³/mol. The highest BCUT2D eigenvalue weighted by Crippen LogP contribution is 2.38. The van der Waals surface area contributed by atoms with Crippen LogP contribution in [0.15, 0.2) is 0 Å². The zero-order valence-corrected chi connectivity index (χ0v) is 8.03. The van der Waals surface area contributed by atoms with Crippen molar-refractivity contribution >= 4 is 5.95 Å². The van der Waals surface area contributed by atoms with Crippen molar-refractivity contribution in [2.24, 2.45) is 5.92 Å². The van der Waals surface area contributed by atoms with Crippen LogP contribution < -0.4 is 11.1 Å². The number of anilines is 1. The van der Waals surface area contributed by atoms with E-state index in [1.807, 2.05) is 0 Å². The summed E-state index contributed by atoms with van der Waals surface area (Å²) in [5, 5.41) is 10.4. The van der Waals surface area contributed by atoms with E-state index in [2.05, 4.69) is 20.5 Å². The number of nitrogens with two attached hydrogens (primary N) is 1. The molecule has 3 heterocycles. The SMILES string of the molecule is Nc1n[nH]c(C2CC3CCC2NC3)n1. The van der Waals surface area contributed by atoms with E-state index in [1.165, 1.54) is 25.8 Å². The Bertz CT molecular complexity index is 326. The van der Waals surface area contributed by atoms with Gasteiger partial charge >= 0.3 is 0 Å². The fourth-order valence-corrected chi connectivity index (χ4v) is 2.76. The molecule has 0 spiro atoms. The quantitative estimate of drug-likeness (QED) is 0.597. The average Bonchev–Trinajstić information content (AvgIpc) is 2.66. The molecule has 3 unspecified atom stereocenters. The monoisotopic (exact) mass is 193 g/mol. The van der Waals surface area contributed by atoms with Crippen LogP contribution in [0, 0.1) is 5.92 Å². The summed E-state index contributed by atoms with van der Waals surface area (Å²) in [5.74, 6) is 2.63. The lowest BCUT2D eigenvalue weighted by atomic mass is 9.74. The van der Waals surface area contributed by atoms with Crippen molar-refractivity contribution in [3.63, 3.8) is 0 Å². The average molecular weight is 193 g/mol. The van der Waals surface area contributed by atoms with Gasteiger partial charge in [-0.2, -0.15) is 4.98 Å². The Morgan fingerprint density at radius 3 is 2.79 bits per heavy atom. The topological polar surface area (TPSA) is 79.6 Å². The second-order valence-electron chi connectivity index (χ2n) is 4.38. The van der Waals surface area contributed by atoms with Gasteiger partial charge in [-0.15, -0.1) is 5.10 Å². The van der Waals surface area contributed by atoms with Gasteiger partial charge in [0.15, 0.2) is 0 Å². The first-order valence-electron chi connectivity index (χ1n) is 5.24. The highest BCUT2D eigenvalue weighted by molar-refractivity contribution is 5.17. The van der Waals surface area contributed by atoms with E-state index in [9.17, 15) is 0 Å². The molecule has 0 amide bonds. The Labute approximate surface area is 82.5 Å². The van der Waals surface area contributed by atoms with Crippen LogP contribution in [0.3, 0.4) is 0 Å². The molecule has 1 aliphatic carbocycles. The third kappa shape index (κ3) is 1.19. The maximum Gasteiger partial charge on any atom is 0.239 e. The molecule has 1 saturated carbocycles. The molecule has 76 valence electrons. The number of nitrogens with zero attached hydrogens (tertiary/aromatic N) is 2. The Kier molecular flexibility index (Phi) is 1.73. The second-order valence-corrected chi connectivity index (χ2v) is 4.38. The number of hydrogen-bond acceptors (Lipinski definition) is 4. The smallest absolute Gasteiger partial charge is 0.239 e. The summed E-state index contributed by atoms with van der Waals surface area (Å²) in [6.07, 6.45) is 3.85. The van der Waals surface area contributed by atoms with E-state index in [0.717, 1.165) is 11.7 Å². The number of H-pyrrole nitrogens is 1. The summed E-state index contributed by atoms with van der Waals surface area (Å²) >= 11 is 0. The number of piperidine rings is 2. The van der Waals surface area contributed by atoms with Gasteiger partial charge in [0, 0.05) is 12.0 Å². The number of fused-ring (bicyclic) bond motifs is 3. The fourth-order valence-electron chi connectivity index (χ4n) is 2.76. The van der Waals surface area contributed by atoms with Crippen LogP contribution in [0.2, 0.25) is 0 Å². The number of rotatable bonds is 1. The lowest BCUT2D eigenvalue weighted by molar-refractivity contribution is 0.178. The van der Waals surface area contributed by atoms with E-state index in [4.69, 9.17) is 5.73 Å². The summed E-state index contributed by atoms with van der Waals surface area (Å²) in [6.45, 7) is 1.17. The van der Waals surface area contributed by atoms with E-state index < -0.39 is 0 Å². The van der Waals surface area contributed by atoms with Gasteiger partial charge < -0.3 is 11.1 Å². The molecule has 4 rings (SSSR count). The molecule has 2 aliphatic heterocycles. The normalized spacial score (nSPS) is 36.1. The number of nitrogens with one attached hydrogen (secondary N) is 2. The van der Waals surface area contributed by atoms with Crippen LogP contribution >= 0.6 is 0 Å². The van der Waals surface area contributed by atoms with Crippen LogP contribution in [-0.4, -0.2) is 27.8 Å². The van der Waals surface area contributed by atoms with Crippen LogP contribution in [-0.2, 0) is 0 Å². The first kappa shape index (κ1) is 8.23. The maximum absolute atomic E-state index is 5.51. The van der Waals surface area contributed by atoms with E-state index in [0.29, 0.717) is 17.9 Å². The van der Waals surface area contributed by atoms with E-state index >= 15 is 0 Å². The van der Waals surface area contributed by atoms with Gasteiger partial charge in [-0.3, -0.25) is 5.10 Å². The molecule has 5 heteroatoms. The molecule has 2 saturated heterocycles. The largest absolute Gasteiger partial charge is 0.367 e. The van der Waals surface area contributed by atoms with Crippen LogP contribution in [0.4, 0.5) is 5.95 Å². The molecule has 0 radical (unpaired) electrons. The number of aromatic nitrogens is 3. The molecule has 0 aromatic carbocycles. The highest BCUT2D eigenvalue weighted by Gasteiger charge is 2.37. The summed E-state index contributed by atoms with van der Waals surface area (Å²) < 4.78 is 0. The molecular formula is C9H15N5. The lowest BCUT2D eigenvalue weighted by Gasteiger charge is -2.42. The Morgan fingerprint density at radius 1 is 1.36 bits per heavy atom. The third-order valence-electron chi connectivity index (χ3n) is 3.50. The van der Waals surface area contributed by atoms with Gasteiger partial charge in [0.2, 0.25) is 5.95 Å². The van der Waals surface area contributed by atoms with Crippen LogP contribution in [0.1, 0.15) is 31.0 Å². The van der Waals surface area contributed by atoms with Crippen molar-refractivity contribution in [2.45, 2.75) is 31.2 Å². The lowest BCUT2D eigenvalue weighted by Crippen LogP contribution is -2.49. The Hall–Kier alpha value is -1.10. The molecule has 3 atom stereocenters. The first-order chi connectivity index (χ1) is 6.83. The molecule has 5 nitrogen and oxygen atoms in total. The number of nitrogen functional groups attached to an aromatic ring is 1. The van der Waals surface area contributed by atoms with Gasteiger partial charge in [0.1, 0.15) is 5.82 Å². The molecule has 2 bridgehead atoms. The van der Waals surface area contributed by atoms with Crippen LogP contribution in [0.5, 0.6) is 0 Å².